The molecule has 0 atom stereocenters. The second kappa shape index (κ2) is 10.9. The van der Waals surface area contributed by atoms with Crippen LogP contribution in [0.5, 0.6) is 5.88 Å². The molecule has 1 amide bonds. The van der Waals surface area contributed by atoms with E-state index in [1.807, 2.05) is 13.8 Å². The Kier molecular flexibility index (Phi) is 8.47. The highest BCUT2D eigenvalue weighted by Crippen LogP contribution is 2.33. The van der Waals surface area contributed by atoms with E-state index in [0.717, 1.165) is 4.68 Å². The van der Waals surface area contributed by atoms with Gasteiger partial charge in [-0.25, -0.2) is 4.79 Å². The van der Waals surface area contributed by atoms with Crippen molar-refractivity contribution in [3.8, 4) is 11.6 Å². The number of anilines is 1. The molecule has 0 aliphatic carbocycles. The van der Waals surface area contributed by atoms with Crippen LogP contribution in [0.4, 0.5) is 18.9 Å². The number of aryl methyl sites for hydroxylation is 1. The number of carboxylic acid groups (broad SMARTS) is 1. The Morgan fingerprint density at radius 3 is 2.42 bits per heavy atom. The Morgan fingerprint density at radius 1 is 1.15 bits per heavy atom. The number of hydrogen-bond donors (Lipinski definition) is 2. The average Bonchev–Trinajstić information content (AvgIpc) is 3.20. The normalized spacial score (nSPS) is 10.8. The summed E-state index contributed by atoms with van der Waals surface area (Å²) in [6, 6.07) is 11.1. The molecule has 176 valence electrons. The fourth-order valence-electron chi connectivity index (χ4n) is 2.73. The molecular weight excluding hydrogens is 463 g/mol. The van der Waals surface area contributed by atoms with Crippen LogP contribution in [0.25, 0.3) is 5.69 Å². The molecule has 33 heavy (non-hydrogen) atoms. The lowest BCUT2D eigenvalue weighted by molar-refractivity contribution is -0.141. The van der Waals surface area contributed by atoms with Crippen molar-refractivity contribution in [2.75, 3.05) is 11.9 Å². The molecule has 3 aromatic rings. The number of hydrogen-bond acceptors (Lipinski definition) is 4. The summed E-state index contributed by atoms with van der Waals surface area (Å²) in [5.41, 5.74) is -0.668. The predicted molar refractivity (Wildman–Crippen MR) is 117 cm³/mol. The second-order valence-electron chi connectivity index (χ2n) is 6.37. The Labute approximate surface area is 192 Å². The monoisotopic (exact) mass is 483 g/mol. The lowest BCUT2D eigenvalue weighted by atomic mass is 10.1. The van der Waals surface area contributed by atoms with Crippen molar-refractivity contribution in [1.82, 2.24) is 9.78 Å². The summed E-state index contributed by atoms with van der Waals surface area (Å²) in [4.78, 5) is 23.7. The van der Waals surface area contributed by atoms with Crippen LogP contribution in [-0.4, -0.2) is 33.4 Å². The number of halogens is 4. The van der Waals surface area contributed by atoms with Crippen molar-refractivity contribution in [2.24, 2.45) is 0 Å². The van der Waals surface area contributed by atoms with Crippen LogP contribution in [0.3, 0.4) is 0 Å². The van der Waals surface area contributed by atoms with Gasteiger partial charge in [-0.15, -0.1) is 0 Å². The third-order valence-electron chi connectivity index (χ3n) is 4.17. The first-order valence-corrected chi connectivity index (χ1v) is 10.1. The van der Waals surface area contributed by atoms with E-state index in [1.54, 1.807) is 25.1 Å². The number of alkyl halides is 3. The van der Waals surface area contributed by atoms with Crippen molar-refractivity contribution in [1.29, 1.82) is 0 Å². The largest absolute Gasteiger partial charge is 0.478 e. The average molecular weight is 484 g/mol. The van der Waals surface area contributed by atoms with Gasteiger partial charge in [-0.05, 0) is 30.7 Å². The number of ether oxygens (including phenoxy) is 1. The summed E-state index contributed by atoms with van der Waals surface area (Å²) < 4.78 is 45.6. The molecule has 0 spiro atoms. The van der Waals surface area contributed by atoms with Gasteiger partial charge in [0.2, 0.25) is 5.88 Å². The molecule has 0 fully saturated rings. The van der Waals surface area contributed by atoms with Crippen LogP contribution in [0.2, 0.25) is 5.02 Å². The molecule has 0 radical (unpaired) electrons. The van der Waals surface area contributed by atoms with E-state index in [4.69, 9.17) is 16.3 Å². The van der Waals surface area contributed by atoms with Crippen molar-refractivity contribution < 1.29 is 32.6 Å². The summed E-state index contributed by atoms with van der Waals surface area (Å²) >= 11 is 6.06. The van der Waals surface area contributed by atoms with Gasteiger partial charge in [0, 0.05) is 6.07 Å². The highest BCUT2D eigenvalue weighted by molar-refractivity contribution is 6.32. The number of rotatable bonds is 6. The molecule has 0 unspecified atom stereocenters. The highest BCUT2D eigenvalue weighted by Gasteiger charge is 2.36. The van der Waals surface area contributed by atoms with Crippen LogP contribution in [0, 0.1) is 6.92 Å². The first kappa shape index (κ1) is 25.7. The molecule has 0 saturated heterocycles. The van der Waals surface area contributed by atoms with Crippen molar-refractivity contribution in [3.63, 3.8) is 0 Å². The molecule has 0 aliphatic rings. The quantitative estimate of drug-likeness (QED) is 0.476. The molecule has 2 N–H and O–H groups in total. The number of aromatic nitrogens is 2. The van der Waals surface area contributed by atoms with Crippen LogP contribution in [-0.2, 0) is 11.0 Å². The third-order valence-corrected chi connectivity index (χ3v) is 4.49. The fourth-order valence-corrected chi connectivity index (χ4v) is 2.94. The Balaban J connectivity index is 0.00000187. The van der Waals surface area contributed by atoms with E-state index in [2.05, 4.69) is 10.4 Å². The van der Waals surface area contributed by atoms with Crippen LogP contribution in [0.15, 0.2) is 48.5 Å². The number of carboxylic acids is 1. The number of benzene rings is 2. The third kappa shape index (κ3) is 6.26. The van der Waals surface area contributed by atoms with E-state index in [1.165, 1.54) is 24.3 Å². The van der Waals surface area contributed by atoms with Gasteiger partial charge in [0.05, 0.1) is 22.0 Å². The van der Waals surface area contributed by atoms with Gasteiger partial charge in [-0.2, -0.15) is 23.0 Å². The summed E-state index contributed by atoms with van der Waals surface area (Å²) in [5, 5.41) is 15.3. The molecule has 3 rings (SSSR count). The van der Waals surface area contributed by atoms with Crippen LogP contribution in [0.1, 0.15) is 35.5 Å². The number of carbonyl (C=O) groups excluding carboxylic acids is 1. The van der Waals surface area contributed by atoms with Gasteiger partial charge in [0.15, 0.2) is 12.3 Å². The minimum absolute atomic E-state index is 0.0687. The molecule has 2 aromatic carbocycles. The van der Waals surface area contributed by atoms with E-state index >= 15 is 0 Å². The molecule has 0 saturated carbocycles. The number of aromatic carboxylic acids is 1. The number of nitrogens with one attached hydrogen (secondary N) is 1. The van der Waals surface area contributed by atoms with Crippen LogP contribution < -0.4 is 10.1 Å². The van der Waals surface area contributed by atoms with Crippen molar-refractivity contribution in [3.05, 3.63) is 70.4 Å². The van der Waals surface area contributed by atoms with Gasteiger partial charge in [-0.3, -0.25) is 4.79 Å². The smallest absolute Gasteiger partial charge is 0.435 e. The van der Waals surface area contributed by atoms with Gasteiger partial charge in [0.25, 0.3) is 5.91 Å². The number of amides is 1. The SMILES string of the molecule is CC.Cc1cccc(C(=O)O)c1NC(=O)COc1cc(C(F)(F)F)nn1-c1ccccc1Cl. The fraction of sp³-hybridized carbons (Fsp3) is 0.227. The van der Waals surface area contributed by atoms with Crippen LogP contribution >= 0.6 is 11.6 Å². The predicted octanol–water partition coefficient (Wildman–Crippen LogP) is 5.59. The Morgan fingerprint density at radius 2 is 1.82 bits per heavy atom. The molecule has 0 aliphatic heterocycles. The number of nitrogens with zero attached hydrogens (tertiary/aromatic N) is 2. The first-order valence-electron chi connectivity index (χ1n) is 9.75. The van der Waals surface area contributed by atoms with E-state index in [0.29, 0.717) is 11.6 Å². The summed E-state index contributed by atoms with van der Waals surface area (Å²) in [5.74, 6) is -2.37. The van der Waals surface area contributed by atoms with Gasteiger partial charge in [-0.1, -0.05) is 49.7 Å². The number of para-hydroxylation sites is 2. The standard InChI is InChI=1S/C20H15ClF3N3O4.C2H6/c1-11-5-4-6-12(19(29)30)18(11)25-16(28)10-31-17-9-15(20(22,23)24)26-27(17)14-8-3-2-7-13(14)21;1-2/h2-9H,10H2,1H3,(H,25,28)(H,29,30);1-2H3. The highest BCUT2D eigenvalue weighted by atomic mass is 35.5. The summed E-state index contributed by atoms with van der Waals surface area (Å²) in [6.45, 7) is 4.91. The zero-order valence-electron chi connectivity index (χ0n) is 17.9. The topological polar surface area (TPSA) is 93.5 Å². The maximum atomic E-state index is 13.1. The van der Waals surface area contributed by atoms with E-state index in [9.17, 15) is 27.9 Å². The molecule has 7 nitrogen and oxygen atoms in total. The minimum atomic E-state index is -4.75. The molecule has 1 aromatic heterocycles. The van der Waals surface area contributed by atoms with Gasteiger partial charge in [0.1, 0.15) is 0 Å². The van der Waals surface area contributed by atoms with Gasteiger partial charge >= 0.3 is 12.1 Å². The lowest BCUT2D eigenvalue weighted by Crippen LogP contribution is -2.23. The molecule has 0 bridgehead atoms. The van der Waals surface area contributed by atoms with Gasteiger partial charge < -0.3 is 15.2 Å². The lowest BCUT2D eigenvalue weighted by Gasteiger charge is -2.13. The van der Waals surface area contributed by atoms with E-state index < -0.39 is 30.4 Å². The molecule has 1 heterocycles. The zero-order chi connectivity index (χ0) is 24.8. The number of carbonyl (C=O) groups is 2. The van der Waals surface area contributed by atoms with Crippen molar-refractivity contribution in [2.45, 2.75) is 26.9 Å². The first-order chi connectivity index (χ1) is 15.6. The summed E-state index contributed by atoms with van der Waals surface area (Å²) in [6.07, 6.45) is -4.75. The maximum Gasteiger partial charge on any atom is 0.435 e. The minimum Gasteiger partial charge on any atom is -0.478 e. The Hall–Kier alpha value is -3.53. The van der Waals surface area contributed by atoms with Crippen molar-refractivity contribution >= 4 is 29.2 Å². The molecular formula is C22H21ClF3N3O4. The zero-order valence-corrected chi connectivity index (χ0v) is 18.7. The Bertz CT molecular complexity index is 1150. The van der Waals surface area contributed by atoms with E-state index in [-0.39, 0.29) is 27.8 Å². The second-order valence-corrected chi connectivity index (χ2v) is 6.78. The summed E-state index contributed by atoms with van der Waals surface area (Å²) in [7, 11) is 0. The maximum absolute atomic E-state index is 13.1. The molecule has 11 heteroatoms.